The van der Waals surface area contributed by atoms with Crippen LogP contribution in [0.15, 0.2) is 54.6 Å². The van der Waals surface area contributed by atoms with Gasteiger partial charge < -0.3 is 21.3 Å². The summed E-state index contributed by atoms with van der Waals surface area (Å²) in [6, 6.07) is 15.3. The van der Waals surface area contributed by atoms with Gasteiger partial charge in [-0.25, -0.2) is 9.59 Å². The molecule has 4 amide bonds. The average molecular weight is 472 g/mol. The normalized spacial score (nSPS) is 10.4. The van der Waals surface area contributed by atoms with Crippen LogP contribution in [0.1, 0.15) is 22.5 Å². The molecule has 0 spiro atoms. The third-order valence-electron chi connectivity index (χ3n) is 4.63. The second kappa shape index (κ2) is 10.8. The molecule has 2 aromatic carbocycles. The van der Waals surface area contributed by atoms with Crippen LogP contribution in [0.3, 0.4) is 0 Å². The van der Waals surface area contributed by atoms with Crippen LogP contribution in [-0.2, 0) is 13.1 Å². The molecule has 0 radical (unpaired) electrons. The molecule has 7 nitrogen and oxygen atoms in total. The number of nitrogens with zero attached hydrogens (tertiary/aromatic N) is 1. The lowest BCUT2D eigenvalue weighted by atomic mass is 10.2. The van der Waals surface area contributed by atoms with Crippen molar-refractivity contribution >= 4 is 46.6 Å². The number of aromatic nitrogens is 1. The van der Waals surface area contributed by atoms with Gasteiger partial charge in [0.15, 0.2) is 0 Å². The summed E-state index contributed by atoms with van der Waals surface area (Å²) < 4.78 is 0. The second-order valence-corrected chi connectivity index (χ2v) is 8.00. The Hall–Kier alpha value is -3.29. The smallest absolute Gasteiger partial charge is 0.319 e. The first kappa shape index (κ1) is 23.4. The van der Waals surface area contributed by atoms with Crippen molar-refractivity contribution in [1.29, 1.82) is 0 Å². The predicted molar refractivity (Wildman–Crippen MR) is 128 cm³/mol. The highest BCUT2D eigenvalue weighted by Gasteiger charge is 2.12. The molecule has 4 N–H and O–H groups in total. The predicted octanol–water partition coefficient (Wildman–Crippen LogP) is 5.65. The van der Waals surface area contributed by atoms with E-state index in [0.717, 1.165) is 11.1 Å². The zero-order valence-corrected chi connectivity index (χ0v) is 19.1. The standard InChI is InChI=1S/C23H23Cl2N5O2/c1-14-20(29-22(31)26-12-16-3-7-18(24)8-4-16)11-21(15(2)28-14)30-23(32)27-13-17-5-9-19(25)10-6-17/h3-11H,12-13H2,1-2H3,(H2,26,29,31)(H2,27,30,32). The van der Waals surface area contributed by atoms with Gasteiger partial charge in [-0.1, -0.05) is 47.5 Å². The van der Waals surface area contributed by atoms with E-state index in [1.807, 2.05) is 24.3 Å². The summed E-state index contributed by atoms with van der Waals surface area (Å²) in [5.41, 5.74) is 4.10. The molecule has 0 saturated carbocycles. The Labute approximate surface area is 196 Å². The van der Waals surface area contributed by atoms with Crippen LogP contribution in [0.2, 0.25) is 10.0 Å². The first-order chi connectivity index (χ1) is 15.3. The summed E-state index contributed by atoms with van der Waals surface area (Å²) in [6.45, 7) is 4.26. The van der Waals surface area contributed by atoms with Gasteiger partial charge in [0.05, 0.1) is 22.8 Å². The van der Waals surface area contributed by atoms with E-state index in [1.165, 1.54) is 0 Å². The Kier molecular flexibility index (Phi) is 7.92. The van der Waals surface area contributed by atoms with E-state index in [0.29, 0.717) is 45.9 Å². The molecule has 1 aromatic heterocycles. The van der Waals surface area contributed by atoms with Crippen molar-refractivity contribution in [3.05, 3.63) is 87.2 Å². The van der Waals surface area contributed by atoms with E-state index in [4.69, 9.17) is 23.2 Å². The number of halogens is 2. The van der Waals surface area contributed by atoms with Gasteiger partial charge in [0.1, 0.15) is 0 Å². The summed E-state index contributed by atoms with van der Waals surface area (Å²) in [6.07, 6.45) is 0. The number of nitrogens with one attached hydrogen (secondary N) is 4. The number of rotatable bonds is 6. The maximum Gasteiger partial charge on any atom is 0.319 e. The molecule has 3 aromatic rings. The van der Waals surface area contributed by atoms with E-state index >= 15 is 0 Å². The van der Waals surface area contributed by atoms with Crippen molar-refractivity contribution in [3.63, 3.8) is 0 Å². The summed E-state index contributed by atoms with van der Waals surface area (Å²) in [4.78, 5) is 29.1. The van der Waals surface area contributed by atoms with Crippen molar-refractivity contribution in [3.8, 4) is 0 Å². The highest BCUT2D eigenvalue weighted by atomic mass is 35.5. The third-order valence-corrected chi connectivity index (χ3v) is 5.14. The molecule has 0 bridgehead atoms. The second-order valence-electron chi connectivity index (χ2n) is 7.12. The van der Waals surface area contributed by atoms with Crippen LogP contribution >= 0.6 is 23.2 Å². The topological polar surface area (TPSA) is 95.2 Å². The number of benzene rings is 2. The molecule has 0 saturated heterocycles. The van der Waals surface area contributed by atoms with Crippen LogP contribution in [0.5, 0.6) is 0 Å². The lowest BCUT2D eigenvalue weighted by molar-refractivity contribution is 0.251. The van der Waals surface area contributed by atoms with Crippen LogP contribution in [0.25, 0.3) is 0 Å². The van der Waals surface area contributed by atoms with Crippen molar-refractivity contribution in [1.82, 2.24) is 15.6 Å². The Morgan fingerprint density at radius 2 is 1.09 bits per heavy atom. The summed E-state index contributed by atoms with van der Waals surface area (Å²) in [7, 11) is 0. The lowest BCUT2D eigenvalue weighted by Gasteiger charge is -2.14. The fraction of sp³-hybridized carbons (Fsp3) is 0.174. The average Bonchev–Trinajstić information content (AvgIpc) is 2.76. The quantitative estimate of drug-likeness (QED) is 0.374. The van der Waals surface area contributed by atoms with Crippen LogP contribution in [0, 0.1) is 13.8 Å². The van der Waals surface area contributed by atoms with E-state index < -0.39 is 0 Å². The molecular formula is C23H23Cl2N5O2. The molecule has 0 aliphatic carbocycles. The van der Waals surface area contributed by atoms with Crippen molar-refractivity contribution in [2.45, 2.75) is 26.9 Å². The fourth-order valence-corrected chi connectivity index (χ4v) is 3.13. The summed E-state index contributed by atoms with van der Waals surface area (Å²) in [5, 5.41) is 12.4. The SMILES string of the molecule is Cc1nc(C)c(NC(=O)NCc2ccc(Cl)cc2)cc1NC(=O)NCc1ccc(Cl)cc1. The van der Waals surface area contributed by atoms with Crippen molar-refractivity contribution in [2.75, 3.05) is 10.6 Å². The number of pyridine rings is 1. The number of urea groups is 2. The summed E-state index contributed by atoms with van der Waals surface area (Å²) in [5.74, 6) is 0. The van der Waals surface area contributed by atoms with Gasteiger partial charge in [-0.2, -0.15) is 0 Å². The van der Waals surface area contributed by atoms with E-state index in [1.54, 1.807) is 44.2 Å². The number of hydrogen-bond acceptors (Lipinski definition) is 3. The Bertz CT molecular complexity index is 1020. The molecule has 3 rings (SSSR count). The number of hydrogen-bond donors (Lipinski definition) is 4. The van der Waals surface area contributed by atoms with Gasteiger partial charge in [0.2, 0.25) is 0 Å². The molecule has 1 heterocycles. The highest BCUT2D eigenvalue weighted by Crippen LogP contribution is 2.22. The maximum absolute atomic E-state index is 12.3. The lowest BCUT2D eigenvalue weighted by Crippen LogP contribution is -2.30. The number of carbonyl (C=O) groups is 2. The minimum Gasteiger partial charge on any atom is -0.334 e. The number of anilines is 2. The Balaban J connectivity index is 1.58. The van der Waals surface area contributed by atoms with Gasteiger partial charge in [-0.05, 0) is 55.3 Å². The van der Waals surface area contributed by atoms with Crippen LogP contribution in [-0.4, -0.2) is 17.0 Å². The minimum absolute atomic E-state index is 0.347. The maximum atomic E-state index is 12.3. The van der Waals surface area contributed by atoms with Gasteiger partial charge in [-0.15, -0.1) is 0 Å². The van der Waals surface area contributed by atoms with Crippen LogP contribution in [0.4, 0.5) is 21.0 Å². The highest BCUT2D eigenvalue weighted by molar-refractivity contribution is 6.30. The third kappa shape index (κ3) is 6.87. The van der Waals surface area contributed by atoms with E-state index in [2.05, 4.69) is 26.3 Å². The van der Waals surface area contributed by atoms with Gasteiger partial charge in [0, 0.05) is 23.1 Å². The van der Waals surface area contributed by atoms with Gasteiger partial charge in [0.25, 0.3) is 0 Å². The molecule has 9 heteroatoms. The number of amides is 4. The molecule has 0 atom stereocenters. The molecule has 32 heavy (non-hydrogen) atoms. The fourth-order valence-electron chi connectivity index (χ4n) is 2.88. The largest absolute Gasteiger partial charge is 0.334 e. The monoisotopic (exact) mass is 471 g/mol. The number of carbonyl (C=O) groups excluding carboxylic acids is 2. The van der Waals surface area contributed by atoms with E-state index in [-0.39, 0.29) is 12.1 Å². The molecule has 0 unspecified atom stereocenters. The van der Waals surface area contributed by atoms with Crippen molar-refractivity contribution < 1.29 is 9.59 Å². The molecule has 0 aliphatic rings. The zero-order valence-electron chi connectivity index (χ0n) is 17.6. The number of aryl methyl sites for hydroxylation is 2. The molecule has 166 valence electrons. The molecule has 0 aliphatic heterocycles. The Morgan fingerprint density at radius 1 is 0.719 bits per heavy atom. The zero-order chi connectivity index (χ0) is 23.1. The minimum atomic E-state index is -0.383. The Morgan fingerprint density at radius 3 is 1.47 bits per heavy atom. The summed E-state index contributed by atoms with van der Waals surface area (Å²) >= 11 is 11.7. The first-order valence-corrected chi connectivity index (χ1v) is 10.6. The molecular weight excluding hydrogens is 449 g/mol. The van der Waals surface area contributed by atoms with Crippen LogP contribution < -0.4 is 21.3 Å². The molecule has 0 fully saturated rings. The first-order valence-electron chi connectivity index (χ1n) is 9.87. The van der Waals surface area contributed by atoms with Gasteiger partial charge in [-0.3, -0.25) is 4.98 Å². The van der Waals surface area contributed by atoms with Gasteiger partial charge >= 0.3 is 12.1 Å². The van der Waals surface area contributed by atoms with Crippen molar-refractivity contribution in [2.24, 2.45) is 0 Å². The van der Waals surface area contributed by atoms with E-state index in [9.17, 15) is 9.59 Å².